The molecule has 0 radical (unpaired) electrons. The number of hydrogen-bond acceptors (Lipinski definition) is 2. The largest absolute Gasteiger partial charge is 0.309 e. The Morgan fingerprint density at radius 3 is 1.56 bits per heavy atom. The van der Waals surface area contributed by atoms with Gasteiger partial charge in [-0.2, -0.15) is 0 Å². The van der Waals surface area contributed by atoms with Gasteiger partial charge in [-0.15, -0.1) is 11.3 Å². The first-order chi connectivity index (χ1) is 30.2. The van der Waals surface area contributed by atoms with Crippen LogP contribution in [0.1, 0.15) is 0 Å². The van der Waals surface area contributed by atoms with Gasteiger partial charge in [-0.1, -0.05) is 170 Å². The third kappa shape index (κ3) is 6.01. The van der Waals surface area contributed by atoms with Gasteiger partial charge in [-0.3, -0.25) is 0 Å². The van der Waals surface area contributed by atoms with E-state index in [1.807, 2.05) is 11.3 Å². The van der Waals surface area contributed by atoms with Crippen molar-refractivity contribution in [3.05, 3.63) is 231 Å². The highest BCUT2D eigenvalue weighted by Crippen LogP contribution is 2.45. The molecular weight excluding hydrogens is 757 g/mol. The molecule has 12 rings (SSSR count). The number of hydrogen-bond donors (Lipinski definition) is 0. The molecule has 0 N–H and O–H groups in total. The molecule has 0 fully saturated rings. The zero-order valence-corrected chi connectivity index (χ0v) is 34.1. The van der Waals surface area contributed by atoms with Crippen molar-refractivity contribution in [1.29, 1.82) is 0 Å². The highest BCUT2D eigenvalue weighted by Gasteiger charge is 2.19. The van der Waals surface area contributed by atoms with E-state index < -0.39 is 0 Å². The van der Waals surface area contributed by atoms with E-state index >= 15 is 0 Å². The molecule has 2 aromatic heterocycles. The fraction of sp³-hybridized carbons (Fsp3) is 0. The molecule has 0 saturated heterocycles. The minimum Gasteiger partial charge on any atom is -0.309 e. The third-order valence-corrected chi connectivity index (χ3v) is 13.4. The Morgan fingerprint density at radius 1 is 0.344 bits per heavy atom. The summed E-state index contributed by atoms with van der Waals surface area (Å²) in [5.74, 6) is 0. The maximum atomic E-state index is 2.42. The van der Waals surface area contributed by atoms with Gasteiger partial charge in [-0.25, -0.2) is 0 Å². The number of aromatic nitrogens is 1. The Balaban J connectivity index is 0.912. The van der Waals surface area contributed by atoms with Gasteiger partial charge in [0.2, 0.25) is 0 Å². The van der Waals surface area contributed by atoms with E-state index in [1.54, 1.807) is 0 Å². The van der Waals surface area contributed by atoms with Crippen LogP contribution in [0.5, 0.6) is 0 Å². The Kier molecular flexibility index (Phi) is 8.39. The summed E-state index contributed by atoms with van der Waals surface area (Å²) in [4.78, 5) is 2.42. The summed E-state index contributed by atoms with van der Waals surface area (Å²) < 4.78 is 4.99. The van der Waals surface area contributed by atoms with Crippen LogP contribution in [0.3, 0.4) is 0 Å². The van der Waals surface area contributed by atoms with Crippen molar-refractivity contribution in [2.45, 2.75) is 0 Å². The summed E-state index contributed by atoms with van der Waals surface area (Å²) in [7, 11) is 0. The average molecular weight is 795 g/mol. The van der Waals surface area contributed by atoms with Crippen molar-refractivity contribution in [1.82, 2.24) is 4.57 Å². The summed E-state index contributed by atoms with van der Waals surface area (Å²) in [6.07, 6.45) is 0. The fourth-order valence-electron chi connectivity index (χ4n) is 9.25. The first-order valence-electron chi connectivity index (χ1n) is 20.8. The lowest BCUT2D eigenvalue weighted by molar-refractivity contribution is 1.18. The normalized spacial score (nSPS) is 11.6. The van der Waals surface area contributed by atoms with E-state index in [0.717, 1.165) is 11.4 Å². The van der Waals surface area contributed by atoms with Crippen molar-refractivity contribution < 1.29 is 0 Å². The van der Waals surface area contributed by atoms with Gasteiger partial charge in [0.1, 0.15) is 0 Å². The van der Waals surface area contributed by atoms with Crippen molar-refractivity contribution in [3.63, 3.8) is 0 Å². The summed E-state index contributed by atoms with van der Waals surface area (Å²) in [5.41, 5.74) is 14.2. The molecule has 0 aliphatic carbocycles. The van der Waals surface area contributed by atoms with Crippen LogP contribution in [0.4, 0.5) is 17.1 Å². The Bertz CT molecular complexity index is 3520. The molecule has 0 spiro atoms. The zero-order chi connectivity index (χ0) is 40.3. The molecule has 0 saturated carbocycles. The molecule has 0 bridgehead atoms. The van der Waals surface area contributed by atoms with E-state index in [-0.39, 0.29) is 0 Å². The van der Waals surface area contributed by atoms with Gasteiger partial charge in [-0.05, 0) is 99.3 Å². The quantitative estimate of drug-likeness (QED) is 0.156. The molecule has 0 amide bonds. The number of rotatable bonds is 7. The number of benzene rings is 10. The fourth-order valence-corrected chi connectivity index (χ4v) is 10.5. The molecule has 286 valence electrons. The average Bonchev–Trinajstić information content (AvgIpc) is 3.89. The second-order valence-corrected chi connectivity index (χ2v) is 16.8. The van der Waals surface area contributed by atoms with Crippen molar-refractivity contribution in [3.8, 4) is 39.1 Å². The summed E-state index contributed by atoms with van der Waals surface area (Å²) in [6.45, 7) is 0. The van der Waals surface area contributed by atoms with Gasteiger partial charge in [0.15, 0.2) is 0 Å². The van der Waals surface area contributed by atoms with E-state index in [4.69, 9.17) is 0 Å². The molecule has 2 nitrogen and oxygen atoms in total. The molecule has 0 aliphatic heterocycles. The van der Waals surface area contributed by atoms with E-state index in [0.29, 0.717) is 0 Å². The number of anilines is 3. The predicted molar refractivity (Wildman–Crippen MR) is 262 cm³/mol. The molecule has 3 heteroatoms. The lowest BCUT2D eigenvalue weighted by Gasteiger charge is -2.26. The smallest absolute Gasteiger partial charge is 0.0640 e. The summed E-state index contributed by atoms with van der Waals surface area (Å²) in [6, 6.07) is 84.1. The molecule has 0 atom stereocenters. The monoisotopic (exact) mass is 794 g/mol. The zero-order valence-electron chi connectivity index (χ0n) is 33.2. The molecule has 61 heavy (non-hydrogen) atoms. The number of thiophene rings is 1. The topological polar surface area (TPSA) is 8.17 Å². The van der Waals surface area contributed by atoms with Crippen molar-refractivity contribution in [2.24, 2.45) is 0 Å². The van der Waals surface area contributed by atoms with Crippen molar-refractivity contribution >= 4 is 81.1 Å². The first kappa shape index (κ1) is 35.2. The van der Waals surface area contributed by atoms with Gasteiger partial charge in [0.05, 0.1) is 27.1 Å². The van der Waals surface area contributed by atoms with E-state index in [9.17, 15) is 0 Å². The van der Waals surface area contributed by atoms with Crippen LogP contribution in [0.15, 0.2) is 231 Å². The molecule has 2 heterocycles. The van der Waals surface area contributed by atoms with Crippen LogP contribution >= 0.6 is 11.3 Å². The van der Waals surface area contributed by atoms with E-state index in [1.165, 1.54) is 97.5 Å². The SMILES string of the molecule is c1ccc(-n2c3ccccc3c3ccccc32)c(-c2ccc(-c3ccc(N(c4ccc(-c5ccc6ccccc6c5)cc4)c4cccc5c4sc4ccccc45)cc3)cc2)c1. The Morgan fingerprint density at radius 2 is 0.852 bits per heavy atom. The van der Waals surface area contributed by atoms with Crippen LogP contribution in [-0.2, 0) is 0 Å². The molecule has 12 aromatic rings. The minimum absolute atomic E-state index is 1.11. The van der Waals surface area contributed by atoms with Crippen LogP contribution in [0.25, 0.3) is 91.8 Å². The summed E-state index contributed by atoms with van der Waals surface area (Å²) >= 11 is 1.86. The third-order valence-electron chi connectivity index (χ3n) is 12.2. The van der Waals surface area contributed by atoms with Crippen LogP contribution < -0.4 is 4.90 Å². The van der Waals surface area contributed by atoms with Gasteiger partial charge < -0.3 is 9.47 Å². The number of para-hydroxylation sites is 3. The minimum atomic E-state index is 1.11. The molecular formula is C58H38N2S. The van der Waals surface area contributed by atoms with E-state index in [2.05, 4.69) is 240 Å². The lowest BCUT2D eigenvalue weighted by Crippen LogP contribution is -2.10. The van der Waals surface area contributed by atoms with Gasteiger partial charge in [0, 0.05) is 43.2 Å². The maximum Gasteiger partial charge on any atom is 0.0640 e. The lowest BCUT2D eigenvalue weighted by atomic mass is 9.98. The van der Waals surface area contributed by atoms with Crippen molar-refractivity contribution in [2.75, 3.05) is 4.90 Å². The second kappa shape index (κ2) is 14.5. The summed E-state index contributed by atoms with van der Waals surface area (Å²) in [5, 5.41) is 7.62. The standard InChI is InChI=1S/C58H38N2S/c1-2-13-44-38-45(29-26-39(44)12-1)42-32-36-47(37-33-42)59(56-22-11-18-52-51-17-6-10-23-57(51)61-58(52)56)46-34-30-41(31-35-46)40-24-27-43(28-25-40)48-14-3-7-19-53(48)60-54-20-8-4-15-49(54)50-16-5-9-21-55(50)60/h1-38H. The van der Waals surface area contributed by atoms with Crippen LogP contribution in [0.2, 0.25) is 0 Å². The number of fused-ring (bicyclic) bond motifs is 7. The Labute approximate surface area is 358 Å². The first-order valence-corrected chi connectivity index (χ1v) is 21.6. The molecule has 10 aromatic carbocycles. The highest BCUT2D eigenvalue weighted by molar-refractivity contribution is 7.26. The highest BCUT2D eigenvalue weighted by atomic mass is 32.1. The maximum absolute atomic E-state index is 2.42. The van der Waals surface area contributed by atoms with Gasteiger partial charge >= 0.3 is 0 Å². The van der Waals surface area contributed by atoms with Gasteiger partial charge in [0.25, 0.3) is 0 Å². The number of nitrogens with zero attached hydrogens (tertiary/aromatic N) is 2. The Hall–Kier alpha value is -7.72. The van der Waals surface area contributed by atoms with Crippen LogP contribution in [-0.4, -0.2) is 4.57 Å². The predicted octanol–water partition coefficient (Wildman–Crippen LogP) is 16.8. The second-order valence-electron chi connectivity index (χ2n) is 15.7. The van der Waals surface area contributed by atoms with Crippen LogP contribution in [0, 0.1) is 0 Å². The molecule has 0 unspecified atom stereocenters. The molecule has 0 aliphatic rings.